The Hall–Kier alpha value is -3.74. The van der Waals surface area contributed by atoms with Gasteiger partial charge in [-0.15, -0.1) is 11.3 Å². The molecule has 3 heterocycles. The number of oxazole rings is 1. The molecule has 3 aromatic rings. The molecule has 5 rings (SSSR count). The second-order valence-electron chi connectivity index (χ2n) is 10.2. The molecule has 2 aromatic heterocycles. The number of hydrogen-bond acceptors (Lipinski definition) is 9. The van der Waals surface area contributed by atoms with Crippen LogP contribution in [0, 0.1) is 12.8 Å². The fourth-order valence-corrected chi connectivity index (χ4v) is 6.52. The molecule has 41 heavy (non-hydrogen) atoms. The highest BCUT2D eigenvalue weighted by Crippen LogP contribution is 2.42. The van der Waals surface area contributed by atoms with Crippen LogP contribution in [0.3, 0.4) is 0 Å². The van der Waals surface area contributed by atoms with E-state index in [0.717, 1.165) is 18.4 Å². The summed E-state index contributed by atoms with van der Waals surface area (Å²) in [6.45, 7) is 3.13. The first-order valence-corrected chi connectivity index (χ1v) is 14.4. The van der Waals surface area contributed by atoms with E-state index >= 15 is 0 Å². The van der Waals surface area contributed by atoms with Crippen molar-refractivity contribution in [1.82, 2.24) is 9.88 Å². The number of hydrogen-bond donors (Lipinski definition) is 2. The SMILES string of the molecule is COc1ccccc1C(CN(C(=O)c1c(NC=O)sc(-c2ncco2)c1C)C1CC(C(=O)O)C1)OC1CCOCC1. The molecule has 218 valence electrons. The van der Waals surface area contributed by atoms with E-state index in [9.17, 15) is 19.5 Å². The van der Waals surface area contributed by atoms with Crippen molar-refractivity contribution in [1.29, 1.82) is 0 Å². The second kappa shape index (κ2) is 12.8. The highest BCUT2D eigenvalue weighted by molar-refractivity contribution is 7.20. The number of methoxy groups -OCH3 is 1. The summed E-state index contributed by atoms with van der Waals surface area (Å²) in [7, 11) is 1.59. The fraction of sp³-hybridized carbons (Fsp3) is 0.448. The Morgan fingerprint density at radius 3 is 2.68 bits per heavy atom. The van der Waals surface area contributed by atoms with Crippen molar-refractivity contribution < 1.29 is 38.1 Å². The van der Waals surface area contributed by atoms with Crippen molar-refractivity contribution in [3.8, 4) is 16.5 Å². The van der Waals surface area contributed by atoms with Gasteiger partial charge in [-0.2, -0.15) is 0 Å². The number of aromatic nitrogens is 1. The summed E-state index contributed by atoms with van der Waals surface area (Å²) in [4.78, 5) is 44.2. The van der Waals surface area contributed by atoms with Crippen molar-refractivity contribution in [2.24, 2.45) is 5.92 Å². The number of carboxylic acid groups (broad SMARTS) is 1. The molecular formula is C29H33N3O8S. The zero-order valence-electron chi connectivity index (χ0n) is 22.9. The number of benzene rings is 1. The first-order valence-electron chi connectivity index (χ1n) is 13.5. The van der Waals surface area contributed by atoms with Gasteiger partial charge in [0, 0.05) is 24.8 Å². The van der Waals surface area contributed by atoms with E-state index in [1.54, 1.807) is 18.9 Å². The van der Waals surface area contributed by atoms with E-state index in [4.69, 9.17) is 18.6 Å². The van der Waals surface area contributed by atoms with Crippen molar-refractivity contribution in [3.05, 3.63) is 53.4 Å². The Morgan fingerprint density at radius 2 is 2.02 bits per heavy atom. The number of para-hydroxylation sites is 1. The molecule has 12 heteroatoms. The molecule has 1 aliphatic carbocycles. The average molecular weight is 584 g/mol. The Labute approximate surface area is 241 Å². The average Bonchev–Trinajstić information content (AvgIpc) is 3.59. The molecule has 2 fully saturated rings. The Morgan fingerprint density at radius 1 is 1.27 bits per heavy atom. The van der Waals surface area contributed by atoms with Crippen LogP contribution in [0.5, 0.6) is 5.75 Å². The molecule has 0 spiro atoms. The third-order valence-electron chi connectivity index (χ3n) is 7.71. The normalized spacial score (nSPS) is 19.7. The van der Waals surface area contributed by atoms with Crippen molar-refractivity contribution in [3.63, 3.8) is 0 Å². The molecule has 1 unspecified atom stereocenters. The first kappa shape index (κ1) is 28.8. The lowest BCUT2D eigenvalue weighted by atomic mass is 9.79. The number of amides is 2. The molecule has 1 saturated heterocycles. The molecular weight excluding hydrogens is 550 g/mol. The minimum absolute atomic E-state index is 0.0735. The highest BCUT2D eigenvalue weighted by Gasteiger charge is 2.43. The minimum atomic E-state index is -0.880. The monoisotopic (exact) mass is 583 g/mol. The van der Waals surface area contributed by atoms with E-state index in [1.165, 1.54) is 23.8 Å². The van der Waals surface area contributed by atoms with Gasteiger partial charge in [0.05, 0.1) is 42.3 Å². The molecule has 1 saturated carbocycles. The topological polar surface area (TPSA) is 140 Å². The first-order chi connectivity index (χ1) is 19.9. The number of carbonyl (C=O) groups is 3. The molecule has 0 radical (unpaired) electrons. The summed E-state index contributed by atoms with van der Waals surface area (Å²) in [5.74, 6) is -0.762. The van der Waals surface area contributed by atoms with Crippen molar-refractivity contribution in [2.45, 2.75) is 50.9 Å². The zero-order valence-corrected chi connectivity index (χ0v) is 23.7. The van der Waals surface area contributed by atoms with Gasteiger partial charge in [-0.3, -0.25) is 14.4 Å². The van der Waals surface area contributed by atoms with Gasteiger partial charge in [0.2, 0.25) is 12.3 Å². The number of thiophene rings is 1. The van der Waals surface area contributed by atoms with E-state index in [1.807, 2.05) is 24.3 Å². The summed E-state index contributed by atoms with van der Waals surface area (Å²) >= 11 is 1.20. The molecule has 1 atom stereocenters. The smallest absolute Gasteiger partial charge is 0.306 e. The summed E-state index contributed by atoms with van der Waals surface area (Å²) < 4.78 is 23.3. The number of carboxylic acids is 1. The number of aliphatic carboxylic acids is 1. The van der Waals surface area contributed by atoms with E-state index in [-0.39, 0.29) is 24.6 Å². The summed E-state index contributed by atoms with van der Waals surface area (Å²) in [6, 6.07) is 7.21. The van der Waals surface area contributed by atoms with Gasteiger partial charge in [0.1, 0.15) is 23.1 Å². The molecule has 2 aliphatic rings. The Balaban J connectivity index is 1.53. The second-order valence-corrected chi connectivity index (χ2v) is 11.2. The molecule has 2 amide bonds. The number of nitrogens with one attached hydrogen (secondary N) is 1. The van der Waals surface area contributed by atoms with Crippen LogP contribution in [0.25, 0.3) is 10.8 Å². The number of carbonyl (C=O) groups excluding carboxylic acids is 2. The zero-order chi connectivity index (χ0) is 28.9. The van der Waals surface area contributed by atoms with Gasteiger partial charge in [0.25, 0.3) is 5.91 Å². The van der Waals surface area contributed by atoms with Crippen LogP contribution in [-0.4, -0.2) is 72.3 Å². The van der Waals surface area contributed by atoms with E-state index in [2.05, 4.69) is 10.3 Å². The van der Waals surface area contributed by atoms with Crippen LogP contribution in [0.1, 0.15) is 53.3 Å². The van der Waals surface area contributed by atoms with Crippen LogP contribution in [0.4, 0.5) is 5.00 Å². The van der Waals surface area contributed by atoms with Gasteiger partial charge in [-0.05, 0) is 44.2 Å². The lowest BCUT2D eigenvalue weighted by Crippen LogP contribution is -2.51. The van der Waals surface area contributed by atoms with Crippen LogP contribution < -0.4 is 10.1 Å². The van der Waals surface area contributed by atoms with Crippen LogP contribution in [-0.2, 0) is 19.1 Å². The van der Waals surface area contributed by atoms with Crippen molar-refractivity contribution in [2.75, 3.05) is 32.2 Å². The molecule has 1 aromatic carbocycles. The number of anilines is 1. The Bertz CT molecular complexity index is 1360. The largest absolute Gasteiger partial charge is 0.496 e. The van der Waals surface area contributed by atoms with Crippen LogP contribution in [0.2, 0.25) is 0 Å². The van der Waals surface area contributed by atoms with Crippen LogP contribution in [0.15, 0.2) is 41.1 Å². The number of ether oxygens (including phenoxy) is 3. The van der Waals surface area contributed by atoms with Crippen molar-refractivity contribution >= 4 is 34.6 Å². The third-order valence-corrected chi connectivity index (χ3v) is 8.93. The van der Waals surface area contributed by atoms with Gasteiger partial charge >= 0.3 is 5.97 Å². The molecule has 0 bridgehead atoms. The van der Waals surface area contributed by atoms with Crippen LogP contribution >= 0.6 is 11.3 Å². The fourth-order valence-electron chi connectivity index (χ4n) is 5.42. The Kier molecular flexibility index (Phi) is 9.01. The van der Waals surface area contributed by atoms with Gasteiger partial charge in [-0.1, -0.05) is 18.2 Å². The van der Waals surface area contributed by atoms with Gasteiger partial charge < -0.3 is 34.0 Å². The molecule has 1 aliphatic heterocycles. The minimum Gasteiger partial charge on any atom is -0.496 e. The quantitative estimate of drug-likeness (QED) is 0.294. The maximum absolute atomic E-state index is 14.4. The molecule has 11 nitrogen and oxygen atoms in total. The third kappa shape index (κ3) is 6.14. The maximum Gasteiger partial charge on any atom is 0.306 e. The van der Waals surface area contributed by atoms with E-state index in [0.29, 0.717) is 65.1 Å². The van der Waals surface area contributed by atoms with Gasteiger partial charge in [0.15, 0.2) is 0 Å². The lowest BCUT2D eigenvalue weighted by molar-refractivity contribution is -0.147. The maximum atomic E-state index is 14.4. The summed E-state index contributed by atoms with van der Waals surface area (Å²) in [6.07, 6.45) is 4.96. The lowest BCUT2D eigenvalue weighted by Gasteiger charge is -2.43. The predicted octanol–water partition coefficient (Wildman–Crippen LogP) is 4.53. The summed E-state index contributed by atoms with van der Waals surface area (Å²) in [5, 5.41) is 12.6. The standard InChI is InChI=1S/C29H33N3O8S/c1-17-24(27(31-16-33)41-25(17)26-30-9-12-39-26)28(34)32(19-13-18(14-19)29(35)36)15-23(40-20-7-10-38-11-8-20)21-5-3-4-6-22(21)37-2/h3-6,9,12,16,18-20,23H,7-8,10-11,13-15H2,1-2H3,(H,31,33)(H,35,36). The summed E-state index contributed by atoms with van der Waals surface area (Å²) in [5.41, 5.74) is 1.73. The van der Waals surface area contributed by atoms with Gasteiger partial charge in [-0.25, -0.2) is 4.98 Å². The predicted molar refractivity (Wildman–Crippen MR) is 150 cm³/mol. The number of rotatable bonds is 12. The highest BCUT2D eigenvalue weighted by atomic mass is 32.1. The van der Waals surface area contributed by atoms with E-state index < -0.39 is 18.0 Å². The molecule has 2 N–H and O–H groups in total. The number of nitrogens with zero attached hydrogens (tertiary/aromatic N) is 2.